The van der Waals surface area contributed by atoms with E-state index in [2.05, 4.69) is 5.32 Å². The summed E-state index contributed by atoms with van der Waals surface area (Å²) in [5.74, 6) is -0.0695. The van der Waals surface area contributed by atoms with Crippen molar-refractivity contribution in [1.29, 1.82) is 0 Å². The number of aryl methyl sites for hydroxylation is 1. The van der Waals surface area contributed by atoms with E-state index in [9.17, 15) is 17.6 Å². The second kappa shape index (κ2) is 5.89. The summed E-state index contributed by atoms with van der Waals surface area (Å²) in [7, 11) is 0. The summed E-state index contributed by atoms with van der Waals surface area (Å²) < 4.78 is 56.9. The Kier molecular flexibility index (Phi) is 4.37. The molecular weight excluding hydrogens is 286 g/mol. The number of alkyl halides is 3. The van der Waals surface area contributed by atoms with Crippen LogP contribution in [0.2, 0.25) is 0 Å². The van der Waals surface area contributed by atoms with Crippen molar-refractivity contribution in [2.24, 2.45) is 0 Å². The van der Waals surface area contributed by atoms with Crippen LogP contribution in [0.3, 0.4) is 0 Å². The summed E-state index contributed by atoms with van der Waals surface area (Å²) in [4.78, 5) is 0. The van der Waals surface area contributed by atoms with Gasteiger partial charge in [0, 0.05) is 0 Å². The minimum Gasteiger partial charge on any atom is -0.464 e. The van der Waals surface area contributed by atoms with E-state index in [1.807, 2.05) is 6.92 Å². The summed E-state index contributed by atoms with van der Waals surface area (Å²) in [6.45, 7) is 4.18. The predicted molar refractivity (Wildman–Crippen MR) is 70.4 cm³/mol. The summed E-state index contributed by atoms with van der Waals surface area (Å²) in [6, 6.07) is 5.90. The molecule has 1 N–H and O–H groups in total. The molecule has 1 unspecified atom stereocenters. The molecule has 1 atom stereocenters. The molecule has 21 heavy (non-hydrogen) atoms. The fourth-order valence-corrected chi connectivity index (χ4v) is 2.14. The maximum Gasteiger partial charge on any atom is 0.419 e. The molecule has 0 bridgehead atoms. The minimum atomic E-state index is -4.70. The van der Waals surface area contributed by atoms with E-state index in [4.69, 9.17) is 4.42 Å². The SMILES string of the molecule is CCNC(c1ccc(C(F)(F)F)c(F)c1)c1ccc(C)o1. The summed E-state index contributed by atoms with van der Waals surface area (Å²) in [5.41, 5.74) is -0.881. The molecule has 1 aromatic carbocycles. The van der Waals surface area contributed by atoms with Crippen molar-refractivity contribution < 1.29 is 22.0 Å². The highest BCUT2D eigenvalue weighted by Crippen LogP contribution is 2.33. The van der Waals surface area contributed by atoms with Crippen molar-refractivity contribution in [3.63, 3.8) is 0 Å². The molecule has 0 aliphatic carbocycles. The third-order valence-electron chi connectivity index (χ3n) is 3.09. The molecule has 0 aliphatic rings. The van der Waals surface area contributed by atoms with Gasteiger partial charge in [0.1, 0.15) is 17.3 Å². The van der Waals surface area contributed by atoms with E-state index in [-0.39, 0.29) is 0 Å². The Hall–Kier alpha value is -1.82. The first kappa shape index (κ1) is 15.6. The van der Waals surface area contributed by atoms with Crippen LogP contribution in [-0.4, -0.2) is 6.54 Å². The molecule has 0 saturated carbocycles. The quantitative estimate of drug-likeness (QED) is 0.844. The van der Waals surface area contributed by atoms with Crippen LogP contribution in [0.1, 0.15) is 35.6 Å². The van der Waals surface area contributed by atoms with E-state index in [1.165, 1.54) is 6.07 Å². The van der Waals surface area contributed by atoms with Crippen LogP contribution in [-0.2, 0) is 6.18 Å². The zero-order valence-corrected chi connectivity index (χ0v) is 11.6. The van der Waals surface area contributed by atoms with Gasteiger partial charge in [0.05, 0.1) is 11.6 Å². The Labute approximate surface area is 119 Å². The highest BCUT2D eigenvalue weighted by atomic mass is 19.4. The minimum absolute atomic E-state index is 0.386. The molecule has 1 aromatic heterocycles. The number of benzene rings is 1. The molecular formula is C15H15F4NO. The molecule has 6 heteroatoms. The molecule has 0 fully saturated rings. The fraction of sp³-hybridized carbons (Fsp3) is 0.333. The molecule has 2 aromatic rings. The van der Waals surface area contributed by atoms with Crippen LogP contribution in [0.4, 0.5) is 17.6 Å². The molecule has 0 spiro atoms. The van der Waals surface area contributed by atoms with Crippen molar-refractivity contribution in [1.82, 2.24) is 5.32 Å². The van der Waals surface area contributed by atoms with Gasteiger partial charge < -0.3 is 9.73 Å². The lowest BCUT2D eigenvalue weighted by molar-refractivity contribution is -0.140. The summed E-state index contributed by atoms with van der Waals surface area (Å²) >= 11 is 0. The van der Waals surface area contributed by atoms with Gasteiger partial charge in [0.15, 0.2) is 0 Å². The van der Waals surface area contributed by atoms with E-state index < -0.39 is 23.6 Å². The maximum absolute atomic E-state index is 13.7. The van der Waals surface area contributed by atoms with E-state index >= 15 is 0 Å². The number of hydrogen-bond acceptors (Lipinski definition) is 2. The number of halogens is 4. The van der Waals surface area contributed by atoms with Crippen LogP contribution >= 0.6 is 0 Å². The summed E-state index contributed by atoms with van der Waals surface area (Å²) in [5, 5.41) is 3.07. The zero-order valence-electron chi connectivity index (χ0n) is 11.6. The number of nitrogens with one attached hydrogen (secondary N) is 1. The van der Waals surface area contributed by atoms with E-state index in [0.29, 0.717) is 23.6 Å². The molecule has 0 amide bonds. The van der Waals surface area contributed by atoms with Crippen molar-refractivity contribution in [2.45, 2.75) is 26.1 Å². The van der Waals surface area contributed by atoms with Gasteiger partial charge in [-0.1, -0.05) is 13.0 Å². The highest BCUT2D eigenvalue weighted by molar-refractivity contribution is 5.32. The third-order valence-corrected chi connectivity index (χ3v) is 3.09. The van der Waals surface area contributed by atoms with Gasteiger partial charge in [-0.25, -0.2) is 4.39 Å². The Balaban J connectivity index is 2.40. The standard InChI is InChI=1S/C15H15F4NO/c1-3-20-14(13-7-4-9(2)21-13)10-5-6-11(12(16)8-10)15(17,18)19/h4-8,14,20H,3H2,1-2H3. The zero-order chi connectivity index (χ0) is 15.6. The lowest BCUT2D eigenvalue weighted by Gasteiger charge is -2.17. The lowest BCUT2D eigenvalue weighted by Crippen LogP contribution is -2.22. The van der Waals surface area contributed by atoms with Gasteiger partial charge in [-0.3, -0.25) is 0 Å². The Morgan fingerprint density at radius 2 is 1.90 bits per heavy atom. The lowest BCUT2D eigenvalue weighted by atomic mass is 10.0. The average molecular weight is 301 g/mol. The molecule has 0 aliphatic heterocycles. The van der Waals surface area contributed by atoms with Gasteiger partial charge in [-0.15, -0.1) is 0 Å². The highest BCUT2D eigenvalue weighted by Gasteiger charge is 2.34. The van der Waals surface area contributed by atoms with E-state index in [1.54, 1.807) is 19.1 Å². The molecule has 2 rings (SSSR count). The Morgan fingerprint density at radius 1 is 1.19 bits per heavy atom. The molecule has 114 valence electrons. The van der Waals surface area contributed by atoms with Crippen LogP contribution in [0.25, 0.3) is 0 Å². The molecule has 0 saturated heterocycles. The maximum atomic E-state index is 13.7. The van der Waals surface area contributed by atoms with Gasteiger partial charge in [0.25, 0.3) is 0 Å². The van der Waals surface area contributed by atoms with Crippen molar-refractivity contribution in [2.75, 3.05) is 6.54 Å². The average Bonchev–Trinajstić information content (AvgIpc) is 2.80. The van der Waals surface area contributed by atoms with Gasteiger partial charge >= 0.3 is 6.18 Å². The second-order valence-electron chi connectivity index (χ2n) is 4.68. The molecule has 1 heterocycles. The largest absolute Gasteiger partial charge is 0.464 e. The van der Waals surface area contributed by atoms with Gasteiger partial charge in [-0.05, 0) is 43.3 Å². The third kappa shape index (κ3) is 3.44. The fourth-order valence-electron chi connectivity index (χ4n) is 2.14. The first-order valence-electron chi connectivity index (χ1n) is 6.49. The monoisotopic (exact) mass is 301 g/mol. The first-order chi connectivity index (χ1) is 9.82. The van der Waals surface area contributed by atoms with Crippen LogP contribution in [0.5, 0.6) is 0 Å². The van der Waals surface area contributed by atoms with E-state index in [0.717, 1.165) is 12.1 Å². The second-order valence-corrected chi connectivity index (χ2v) is 4.68. The topological polar surface area (TPSA) is 25.2 Å². The number of hydrogen-bond donors (Lipinski definition) is 1. The van der Waals surface area contributed by atoms with Crippen LogP contribution in [0, 0.1) is 12.7 Å². The van der Waals surface area contributed by atoms with Crippen molar-refractivity contribution >= 4 is 0 Å². The van der Waals surface area contributed by atoms with Gasteiger partial charge in [0.2, 0.25) is 0 Å². The van der Waals surface area contributed by atoms with Crippen molar-refractivity contribution in [3.05, 3.63) is 58.8 Å². The van der Waals surface area contributed by atoms with Crippen LogP contribution in [0.15, 0.2) is 34.7 Å². The van der Waals surface area contributed by atoms with Gasteiger partial charge in [-0.2, -0.15) is 13.2 Å². The Morgan fingerprint density at radius 3 is 2.38 bits per heavy atom. The smallest absolute Gasteiger partial charge is 0.419 e. The Bertz CT molecular complexity index is 618. The molecule has 0 radical (unpaired) electrons. The van der Waals surface area contributed by atoms with Crippen LogP contribution < -0.4 is 5.32 Å². The number of furan rings is 1. The first-order valence-corrected chi connectivity index (χ1v) is 6.49. The summed E-state index contributed by atoms with van der Waals surface area (Å²) in [6.07, 6.45) is -4.70. The normalized spacial score (nSPS) is 13.4. The molecule has 2 nitrogen and oxygen atoms in total. The van der Waals surface area contributed by atoms with Crippen molar-refractivity contribution in [3.8, 4) is 0 Å². The predicted octanol–water partition coefficient (Wildman–Crippen LogP) is 4.44. The number of rotatable bonds is 4.